The summed E-state index contributed by atoms with van der Waals surface area (Å²) in [5, 5.41) is 7.13. The summed E-state index contributed by atoms with van der Waals surface area (Å²) in [7, 11) is -2.44. The van der Waals surface area contributed by atoms with Crippen molar-refractivity contribution < 1.29 is 13.2 Å². The number of nitrogens with one attached hydrogen (secondary N) is 1. The molecular weight excluding hydrogens is 348 g/mol. The number of aromatic nitrogens is 3. The molecule has 7 nitrogen and oxygen atoms in total. The number of carbonyl (C=O) groups excluding carboxylic acids is 1. The summed E-state index contributed by atoms with van der Waals surface area (Å²) in [4.78, 5) is 11.5. The molecule has 0 spiro atoms. The van der Waals surface area contributed by atoms with E-state index in [1.807, 2.05) is 0 Å². The minimum absolute atomic E-state index is 0.104. The molecule has 1 heterocycles. The van der Waals surface area contributed by atoms with Gasteiger partial charge in [0, 0.05) is 12.6 Å². The van der Waals surface area contributed by atoms with Crippen molar-refractivity contribution in [3.05, 3.63) is 34.4 Å². The van der Waals surface area contributed by atoms with Gasteiger partial charge in [-0.2, -0.15) is 8.42 Å². The highest BCUT2D eigenvalue weighted by Gasteiger charge is 2.25. The second kappa shape index (κ2) is 5.33. The van der Waals surface area contributed by atoms with Crippen molar-refractivity contribution in [3.63, 3.8) is 0 Å². The lowest BCUT2D eigenvalue weighted by atomic mass is 10.1. The van der Waals surface area contributed by atoms with Gasteiger partial charge in [0.1, 0.15) is 0 Å². The van der Waals surface area contributed by atoms with Gasteiger partial charge in [0.25, 0.3) is 10.0 Å². The third kappa shape index (κ3) is 2.73. The van der Waals surface area contributed by atoms with Crippen molar-refractivity contribution in [2.45, 2.75) is 11.9 Å². The lowest BCUT2D eigenvalue weighted by Gasteiger charge is -2.10. The minimum atomic E-state index is -3.90. The largest absolute Gasteiger partial charge is 0.294 e. The van der Waals surface area contributed by atoms with Gasteiger partial charge in [-0.25, -0.2) is 4.68 Å². The molecule has 1 N–H and O–H groups in total. The Hall–Kier alpha value is -1.74. The second-order valence-corrected chi connectivity index (χ2v) is 6.37. The van der Waals surface area contributed by atoms with E-state index in [1.165, 1.54) is 20.0 Å². The number of carbonyl (C=O) groups is 1. The average molecular weight is 359 g/mol. The molecular formula is C11H11BrN4O3S. The Morgan fingerprint density at radius 3 is 2.55 bits per heavy atom. The molecule has 2 rings (SSSR count). The zero-order chi connectivity index (χ0) is 14.9. The van der Waals surface area contributed by atoms with Gasteiger partial charge in [-0.3, -0.25) is 9.52 Å². The number of nitrogens with zero attached hydrogens (tertiary/aromatic N) is 3. The molecule has 2 aromatic rings. The summed E-state index contributed by atoms with van der Waals surface area (Å²) in [5.74, 6) is -0.231. The Balaban J connectivity index is 2.47. The zero-order valence-corrected chi connectivity index (χ0v) is 13.1. The van der Waals surface area contributed by atoms with E-state index < -0.39 is 10.0 Å². The van der Waals surface area contributed by atoms with Crippen LogP contribution in [0.25, 0.3) is 0 Å². The highest BCUT2D eigenvalue weighted by molar-refractivity contribution is 9.10. The van der Waals surface area contributed by atoms with Gasteiger partial charge < -0.3 is 0 Å². The minimum Gasteiger partial charge on any atom is -0.294 e. The SMILES string of the molecule is CC(=O)c1ccccc1NS(=O)(=O)c1c(Br)nnn1C. The number of para-hydroxylation sites is 1. The van der Waals surface area contributed by atoms with Crippen molar-refractivity contribution >= 4 is 37.4 Å². The first-order valence-electron chi connectivity index (χ1n) is 5.51. The highest BCUT2D eigenvalue weighted by atomic mass is 79.9. The summed E-state index contributed by atoms with van der Waals surface area (Å²) in [6.07, 6.45) is 0. The third-order valence-corrected chi connectivity index (χ3v) is 4.79. The van der Waals surface area contributed by atoms with Crippen molar-refractivity contribution in [2.24, 2.45) is 7.05 Å². The smallest absolute Gasteiger partial charge is 0.281 e. The van der Waals surface area contributed by atoms with Crippen LogP contribution in [0.15, 0.2) is 33.9 Å². The number of halogens is 1. The summed E-state index contributed by atoms with van der Waals surface area (Å²) < 4.78 is 28.3. The molecule has 0 bridgehead atoms. The van der Waals surface area contributed by atoms with Crippen LogP contribution in [0.5, 0.6) is 0 Å². The molecule has 9 heteroatoms. The van der Waals surface area contributed by atoms with E-state index in [2.05, 4.69) is 31.0 Å². The van der Waals surface area contributed by atoms with E-state index in [9.17, 15) is 13.2 Å². The number of ketones is 1. The summed E-state index contributed by atoms with van der Waals surface area (Å²) in [6, 6.07) is 6.37. The molecule has 0 aliphatic heterocycles. The topological polar surface area (TPSA) is 93.9 Å². The predicted molar refractivity (Wildman–Crippen MR) is 76.0 cm³/mol. The van der Waals surface area contributed by atoms with Gasteiger partial charge in [-0.15, -0.1) is 5.10 Å². The van der Waals surface area contributed by atoms with Gasteiger partial charge in [0.05, 0.1) is 5.69 Å². The van der Waals surface area contributed by atoms with Crippen molar-refractivity contribution in [1.29, 1.82) is 0 Å². The van der Waals surface area contributed by atoms with Crippen LogP contribution in [0.3, 0.4) is 0 Å². The first-order valence-corrected chi connectivity index (χ1v) is 7.78. The van der Waals surface area contributed by atoms with Crippen molar-refractivity contribution in [3.8, 4) is 0 Å². The molecule has 20 heavy (non-hydrogen) atoms. The Kier molecular flexibility index (Phi) is 3.91. The molecule has 0 aliphatic rings. The molecule has 1 aromatic heterocycles. The lowest BCUT2D eigenvalue weighted by molar-refractivity contribution is 0.101. The predicted octanol–water partition coefficient (Wildman–Crippen LogP) is 1.58. The number of aryl methyl sites for hydroxylation is 1. The monoisotopic (exact) mass is 358 g/mol. The number of hydrogen-bond donors (Lipinski definition) is 1. The maximum Gasteiger partial charge on any atom is 0.281 e. The number of benzene rings is 1. The molecule has 0 atom stereocenters. The molecule has 0 unspecified atom stereocenters. The van der Waals surface area contributed by atoms with Crippen LogP contribution in [0.1, 0.15) is 17.3 Å². The van der Waals surface area contributed by atoms with Gasteiger partial charge in [0.2, 0.25) is 5.03 Å². The molecule has 0 radical (unpaired) electrons. The van der Waals surface area contributed by atoms with E-state index in [0.29, 0.717) is 5.56 Å². The first-order chi connectivity index (χ1) is 9.33. The van der Waals surface area contributed by atoms with Gasteiger partial charge in [-0.05, 0) is 35.0 Å². The molecule has 0 saturated heterocycles. The Bertz CT molecular complexity index is 750. The highest BCUT2D eigenvalue weighted by Crippen LogP contribution is 2.23. The van der Waals surface area contributed by atoms with Crippen LogP contribution in [0.4, 0.5) is 5.69 Å². The zero-order valence-electron chi connectivity index (χ0n) is 10.7. The number of hydrogen-bond acceptors (Lipinski definition) is 5. The van der Waals surface area contributed by atoms with E-state index in [-0.39, 0.29) is 21.1 Å². The third-order valence-electron chi connectivity index (χ3n) is 2.54. The molecule has 0 amide bonds. The maximum absolute atomic E-state index is 12.3. The van der Waals surface area contributed by atoms with E-state index in [4.69, 9.17) is 0 Å². The Morgan fingerprint density at radius 2 is 2.00 bits per heavy atom. The number of rotatable bonds is 4. The summed E-state index contributed by atoms with van der Waals surface area (Å²) >= 11 is 3.03. The van der Waals surface area contributed by atoms with Crippen LogP contribution in [0, 0.1) is 0 Å². The molecule has 0 fully saturated rings. The Labute approximate surface area is 124 Å². The van der Waals surface area contributed by atoms with Crippen molar-refractivity contribution in [2.75, 3.05) is 4.72 Å². The summed E-state index contributed by atoms with van der Waals surface area (Å²) in [6.45, 7) is 1.37. The maximum atomic E-state index is 12.3. The fraction of sp³-hybridized carbons (Fsp3) is 0.182. The van der Waals surface area contributed by atoms with E-state index in [1.54, 1.807) is 18.2 Å². The lowest BCUT2D eigenvalue weighted by Crippen LogP contribution is -2.18. The van der Waals surface area contributed by atoms with E-state index >= 15 is 0 Å². The van der Waals surface area contributed by atoms with Crippen LogP contribution in [-0.4, -0.2) is 29.2 Å². The Morgan fingerprint density at radius 1 is 1.35 bits per heavy atom. The quantitative estimate of drug-likeness (QED) is 0.837. The fourth-order valence-corrected chi connectivity index (χ4v) is 3.86. The molecule has 0 saturated carbocycles. The van der Waals surface area contributed by atoms with Crippen LogP contribution in [-0.2, 0) is 17.1 Å². The number of Topliss-reactive ketones (excluding diaryl/α,β-unsaturated/α-hetero) is 1. The van der Waals surface area contributed by atoms with E-state index in [0.717, 1.165) is 4.68 Å². The first kappa shape index (κ1) is 14.7. The fourth-order valence-electron chi connectivity index (χ4n) is 1.68. The molecule has 106 valence electrons. The summed E-state index contributed by atoms with van der Waals surface area (Å²) in [5.41, 5.74) is 0.510. The normalized spacial score (nSPS) is 11.3. The second-order valence-electron chi connectivity index (χ2n) is 4.02. The van der Waals surface area contributed by atoms with Crippen LogP contribution >= 0.6 is 15.9 Å². The number of sulfonamides is 1. The van der Waals surface area contributed by atoms with Crippen LogP contribution < -0.4 is 4.72 Å². The van der Waals surface area contributed by atoms with Gasteiger partial charge in [-0.1, -0.05) is 17.3 Å². The standard InChI is InChI=1S/C11H11BrN4O3S/c1-7(17)8-5-3-4-6-9(8)14-20(18,19)11-10(12)13-15-16(11)2/h3-6,14H,1-2H3. The van der Waals surface area contributed by atoms with Crippen LogP contribution in [0.2, 0.25) is 0 Å². The van der Waals surface area contributed by atoms with Gasteiger partial charge >= 0.3 is 0 Å². The van der Waals surface area contributed by atoms with Gasteiger partial charge in [0.15, 0.2) is 10.4 Å². The van der Waals surface area contributed by atoms with Crippen molar-refractivity contribution in [1.82, 2.24) is 15.0 Å². The average Bonchev–Trinajstić information content (AvgIpc) is 2.69. The molecule has 0 aliphatic carbocycles. The molecule has 1 aromatic carbocycles. The number of anilines is 1.